The highest BCUT2D eigenvalue weighted by Gasteiger charge is 2.51. The van der Waals surface area contributed by atoms with Gasteiger partial charge in [-0.15, -0.1) is 0 Å². The highest BCUT2D eigenvalue weighted by molar-refractivity contribution is 5.97. The maximum Gasteiger partial charge on any atom is 0.253 e. The highest BCUT2D eigenvalue weighted by Crippen LogP contribution is 2.23. The van der Waals surface area contributed by atoms with E-state index in [1.807, 2.05) is 68.4 Å². The average molecular weight is 587 g/mol. The molecule has 2 unspecified atom stereocenters. The summed E-state index contributed by atoms with van der Waals surface area (Å²) in [4.78, 5) is 50.7. The number of aromatic hydroxyl groups is 1. The number of primary amides is 1. The molecule has 226 valence electrons. The first-order valence-electron chi connectivity index (χ1n) is 14.4. The van der Waals surface area contributed by atoms with Crippen LogP contribution in [0.15, 0.2) is 78.9 Å². The fourth-order valence-electron chi connectivity index (χ4n) is 4.76. The number of carbonyl (C=O) groups is 4. The molecule has 0 saturated carbocycles. The number of amides is 4. The zero-order valence-corrected chi connectivity index (χ0v) is 24.3. The molecule has 0 aliphatic carbocycles. The third-order valence-corrected chi connectivity index (χ3v) is 7.16. The summed E-state index contributed by atoms with van der Waals surface area (Å²) in [6, 6.07) is 22.4. The number of epoxide rings is 1. The molecule has 1 fully saturated rings. The monoisotopic (exact) mass is 586 g/mol. The number of carbonyl (C=O) groups excluding carboxylic acids is 4. The Kier molecular flexibility index (Phi) is 10.5. The third kappa shape index (κ3) is 9.14. The van der Waals surface area contributed by atoms with E-state index in [0.717, 1.165) is 16.7 Å². The molecule has 1 heterocycles. The maximum atomic E-state index is 13.1. The van der Waals surface area contributed by atoms with E-state index in [1.165, 1.54) is 12.1 Å². The molecule has 4 amide bonds. The molecule has 1 aliphatic rings. The highest BCUT2D eigenvalue weighted by atomic mass is 16.6. The van der Waals surface area contributed by atoms with Gasteiger partial charge in [-0.1, -0.05) is 80.6 Å². The van der Waals surface area contributed by atoms with E-state index in [9.17, 15) is 24.3 Å². The average Bonchev–Trinajstić information content (AvgIpc) is 3.79. The SMILES string of the molecule is CC(C)C[C@H](NC(=O)C1OC1C(=O)NCCc1ccc(-c2ccccc2)cc1)C(=O)N[C@@H](Cc1ccc(O)cc1)C(N)=O. The summed E-state index contributed by atoms with van der Waals surface area (Å²) < 4.78 is 5.35. The topological polar surface area (TPSA) is 163 Å². The first-order chi connectivity index (χ1) is 20.6. The van der Waals surface area contributed by atoms with Crippen molar-refractivity contribution in [3.05, 3.63) is 90.0 Å². The minimum atomic E-state index is -1.02. The number of nitrogens with one attached hydrogen (secondary N) is 3. The van der Waals surface area contributed by atoms with Gasteiger partial charge in [-0.25, -0.2) is 0 Å². The number of hydrogen-bond acceptors (Lipinski definition) is 6. The standard InChI is InChI=1S/C33H38N4O6/c1-20(2)18-27(31(40)36-26(30(34)39)19-22-10-14-25(38)15-11-22)37-33(42)29-28(43-29)32(41)35-17-16-21-8-12-24(13-9-21)23-6-4-3-5-7-23/h3-15,20,26-29,38H,16-19H2,1-2H3,(H2,34,39)(H,35,41)(H,36,40)(H,37,42)/t26-,27-,28?,29?/m0/s1. The Morgan fingerprint density at radius 2 is 1.40 bits per heavy atom. The number of ether oxygens (including phenoxy) is 1. The molecule has 3 aromatic carbocycles. The van der Waals surface area contributed by atoms with Crippen LogP contribution in [0.3, 0.4) is 0 Å². The molecule has 10 nitrogen and oxygen atoms in total. The summed E-state index contributed by atoms with van der Waals surface area (Å²) in [7, 11) is 0. The van der Waals surface area contributed by atoms with Gasteiger partial charge in [0.05, 0.1) is 0 Å². The van der Waals surface area contributed by atoms with Gasteiger partial charge in [0.25, 0.3) is 11.8 Å². The Labute approximate surface area is 251 Å². The fourth-order valence-corrected chi connectivity index (χ4v) is 4.76. The van der Waals surface area contributed by atoms with Crippen molar-refractivity contribution in [2.75, 3.05) is 6.54 Å². The van der Waals surface area contributed by atoms with Gasteiger partial charge in [0.15, 0.2) is 12.2 Å². The van der Waals surface area contributed by atoms with Crippen molar-refractivity contribution in [1.29, 1.82) is 0 Å². The van der Waals surface area contributed by atoms with Gasteiger partial charge in [-0.2, -0.15) is 0 Å². The largest absolute Gasteiger partial charge is 0.508 e. The van der Waals surface area contributed by atoms with Crippen molar-refractivity contribution in [3.8, 4) is 16.9 Å². The zero-order valence-electron chi connectivity index (χ0n) is 24.3. The molecule has 6 N–H and O–H groups in total. The molecule has 0 aromatic heterocycles. The Hall–Kier alpha value is -4.70. The van der Waals surface area contributed by atoms with Crippen LogP contribution in [0.5, 0.6) is 5.75 Å². The molecule has 0 bridgehead atoms. The Balaban J connectivity index is 1.25. The van der Waals surface area contributed by atoms with Crippen molar-refractivity contribution in [2.45, 2.75) is 57.4 Å². The molecule has 10 heteroatoms. The van der Waals surface area contributed by atoms with Gasteiger partial charge in [-0.3, -0.25) is 19.2 Å². The van der Waals surface area contributed by atoms with E-state index < -0.39 is 47.9 Å². The third-order valence-electron chi connectivity index (χ3n) is 7.16. The summed E-state index contributed by atoms with van der Waals surface area (Å²) in [6.07, 6.45) is -0.900. The smallest absolute Gasteiger partial charge is 0.253 e. The number of benzene rings is 3. The van der Waals surface area contributed by atoms with Crippen molar-refractivity contribution in [2.24, 2.45) is 11.7 Å². The van der Waals surface area contributed by atoms with E-state index in [1.54, 1.807) is 12.1 Å². The van der Waals surface area contributed by atoms with Gasteiger partial charge >= 0.3 is 0 Å². The van der Waals surface area contributed by atoms with E-state index in [-0.39, 0.29) is 18.1 Å². The number of phenols is 1. The van der Waals surface area contributed by atoms with Crippen LogP contribution in [0.1, 0.15) is 31.4 Å². The minimum absolute atomic E-state index is 0.0427. The van der Waals surface area contributed by atoms with E-state index in [0.29, 0.717) is 24.9 Å². The first-order valence-corrected chi connectivity index (χ1v) is 14.4. The Bertz CT molecular complexity index is 1410. The summed E-state index contributed by atoms with van der Waals surface area (Å²) in [5.74, 6) is -2.15. The lowest BCUT2D eigenvalue weighted by Gasteiger charge is -2.23. The quantitative estimate of drug-likeness (QED) is 0.182. The van der Waals surface area contributed by atoms with E-state index in [2.05, 4.69) is 16.0 Å². The molecular formula is C33H38N4O6. The summed E-state index contributed by atoms with van der Waals surface area (Å²) >= 11 is 0. The molecule has 3 aromatic rings. The van der Waals surface area contributed by atoms with Crippen molar-refractivity contribution in [3.63, 3.8) is 0 Å². The zero-order chi connectivity index (χ0) is 30.9. The molecule has 43 heavy (non-hydrogen) atoms. The summed E-state index contributed by atoms with van der Waals surface area (Å²) in [5.41, 5.74) is 9.53. The van der Waals surface area contributed by atoms with E-state index >= 15 is 0 Å². The lowest BCUT2D eigenvalue weighted by Crippen LogP contribution is -2.54. The first kappa shape index (κ1) is 31.2. The fraction of sp³-hybridized carbons (Fsp3) is 0.333. The number of nitrogens with two attached hydrogens (primary N) is 1. The summed E-state index contributed by atoms with van der Waals surface area (Å²) in [5, 5.41) is 17.6. The molecule has 4 rings (SSSR count). The van der Waals surface area contributed by atoms with Crippen molar-refractivity contribution in [1.82, 2.24) is 16.0 Å². The van der Waals surface area contributed by atoms with Crippen molar-refractivity contribution >= 4 is 23.6 Å². The second kappa shape index (κ2) is 14.5. The van der Waals surface area contributed by atoms with Crippen molar-refractivity contribution < 1.29 is 29.0 Å². The Morgan fingerprint density at radius 3 is 2.02 bits per heavy atom. The van der Waals surface area contributed by atoms with Gasteiger partial charge in [-0.05, 0) is 53.1 Å². The van der Waals surface area contributed by atoms with Gasteiger partial charge in [0.2, 0.25) is 11.8 Å². The van der Waals surface area contributed by atoms with Crippen LogP contribution >= 0.6 is 0 Å². The van der Waals surface area contributed by atoms with Gasteiger partial charge in [0, 0.05) is 13.0 Å². The molecular weight excluding hydrogens is 548 g/mol. The van der Waals surface area contributed by atoms with Crippen LogP contribution in [0, 0.1) is 5.92 Å². The predicted octanol–water partition coefficient (Wildman–Crippen LogP) is 2.23. The van der Waals surface area contributed by atoms with E-state index in [4.69, 9.17) is 10.5 Å². The summed E-state index contributed by atoms with van der Waals surface area (Å²) in [6.45, 7) is 4.17. The van der Waals surface area contributed by atoms with Crippen LogP contribution in [-0.2, 0) is 36.8 Å². The Morgan fingerprint density at radius 1 is 0.791 bits per heavy atom. The van der Waals surface area contributed by atoms with Crippen LogP contribution in [0.2, 0.25) is 0 Å². The van der Waals surface area contributed by atoms with Crippen LogP contribution in [-0.4, -0.2) is 59.6 Å². The lowest BCUT2D eigenvalue weighted by atomic mass is 10.0. The molecule has 1 saturated heterocycles. The van der Waals surface area contributed by atoms with Crippen LogP contribution < -0.4 is 21.7 Å². The molecule has 0 radical (unpaired) electrons. The molecule has 4 atom stereocenters. The minimum Gasteiger partial charge on any atom is -0.508 e. The normalized spacial score (nSPS) is 17.0. The molecule has 0 spiro atoms. The van der Waals surface area contributed by atoms with Crippen LogP contribution in [0.25, 0.3) is 11.1 Å². The lowest BCUT2D eigenvalue weighted by molar-refractivity contribution is -0.132. The predicted molar refractivity (Wildman–Crippen MR) is 162 cm³/mol. The van der Waals surface area contributed by atoms with Crippen LogP contribution in [0.4, 0.5) is 0 Å². The van der Waals surface area contributed by atoms with Gasteiger partial charge < -0.3 is 31.5 Å². The second-order valence-electron chi connectivity index (χ2n) is 11.1. The molecule has 1 aliphatic heterocycles. The second-order valence-corrected chi connectivity index (χ2v) is 11.1. The number of hydrogen-bond donors (Lipinski definition) is 5. The van der Waals surface area contributed by atoms with Gasteiger partial charge in [0.1, 0.15) is 17.8 Å². The number of rotatable bonds is 14. The maximum absolute atomic E-state index is 13.1. The number of phenolic OH excluding ortho intramolecular Hbond substituents is 1.